The predicted octanol–water partition coefficient (Wildman–Crippen LogP) is 4.18. The molecule has 1 unspecified atom stereocenters. The normalized spacial score (nSPS) is 24.3. The molecule has 0 aromatic heterocycles. The van der Waals surface area contributed by atoms with Gasteiger partial charge < -0.3 is 5.32 Å². The summed E-state index contributed by atoms with van der Waals surface area (Å²) >= 11 is 6.10. The third kappa shape index (κ3) is 3.44. The average Bonchev–Trinajstić information content (AvgIpc) is 2.80. The Bertz CT molecular complexity index is 498. The topological polar surface area (TPSA) is 15.3 Å². The highest BCUT2D eigenvalue weighted by Gasteiger charge is 2.30. The van der Waals surface area contributed by atoms with Gasteiger partial charge in [0.2, 0.25) is 0 Å². The maximum Gasteiger partial charge on any atom is 0.0408 e. The van der Waals surface area contributed by atoms with E-state index in [1.54, 1.807) is 0 Å². The molecule has 1 heterocycles. The van der Waals surface area contributed by atoms with Gasteiger partial charge in [-0.05, 0) is 69.7 Å². The maximum atomic E-state index is 6.10. The zero-order valence-electron chi connectivity index (χ0n) is 13.5. The molecule has 3 rings (SSSR count). The second-order valence-electron chi connectivity index (χ2n) is 7.53. The predicted molar refractivity (Wildman–Crippen MR) is 90.0 cm³/mol. The van der Waals surface area contributed by atoms with Crippen LogP contribution in [0.25, 0.3) is 0 Å². The molecule has 0 radical (unpaired) electrons. The SMILES string of the molecule is CC(C)(C)N1CCC(NC2CCc3cc(Cl)ccc32)CC1. The lowest BCUT2D eigenvalue weighted by Crippen LogP contribution is -2.50. The second-order valence-corrected chi connectivity index (χ2v) is 7.97. The lowest BCUT2D eigenvalue weighted by atomic mass is 9.97. The summed E-state index contributed by atoms with van der Waals surface area (Å²) in [6.45, 7) is 9.37. The summed E-state index contributed by atoms with van der Waals surface area (Å²) in [4.78, 5) is 2.60. The number of piperidine rings is 1. The van der Waals surface area contributed by atoms with E-state index in [4.69, 9.17) is 11.6 Å². The highest BCUT2D eigenvalue weighted by molar-refractivity contribution is 6.30. The Balaban J connectivity index is 1.58. The van der Waals surface area contributed by atoms with Crippen molar-refractivity contribution >= 4 is 11.6 Å². The van der Waals surface area contributed by atoms with Crippen molar-refractivity contribution in [1.82, 2.24) is 10.2 Å². The molecule has 1 aromatic carbocycles. The number of benzene rings is 1. The van der Waals surface area contributed by atoms with E-state index in [-0.39, 0.29) is 0 Å². The first kappa shape index (κ1) is 15.3. The van der Waals surface area contributed by atoms with Gasteiger partial charge in [0.15, 0.2) is 0 Å². The summed E-state index contributed by atoms with van der Waals surface area (Å²) < 4.78 is 0. The molecule has 21 heavy (non-hydrogen) atoms. The standard InChI is InChI=1S/C18H27ClN2/c1-18(2,3)21-10-8-15(9-11-21)20-17-7-4-13-12-14(19)5-6-16(13)17/h5-6,12,15,17,20H,4,7-11H2,1-3H3. The van der Waals surface area contributed by atoms with E-state index >= 15 is 0 Å². The van der Waals surface area contributed by atoms with Crippen LogP contribution in [0.1, 0.15) is 57.2 Å². The van der Waals surface area contributed by atoms with Gasteiger partial charge in [0.25, 0.3) is 0 Å². The van der Waals surface area contributed by atoms with E-state index in [1.807, 2.05) is 6.07 Å². The van der Waals surface area contributed by atoms with Gasteiger partial charge >= 0.3 is 0 Å². The maximum absolute atomic E-state index is 6.10. The lowest BCUT2D eigenvalue weighted by Gasteiger charge is -2.41. The van der Waals surface area contributed by atoms with Crippen molar-refractivity contribution in [3.63, 3.8) is 0 Å². The van der Waals surface area contributed by atoms with Crippen LogP contribution in [0, 0.1) is 0 Å². The summed E-state index contributed by atoms with van der Waals surface area (Å²) in [5, 5.41) is 4.76. The summed E-state index contributed by atoms with van der Waals surface area (Å²) in [6, 6.07) is 7.58. The Morgan fingerprint density at radius 2 is 1.86 bits per heavy atom. The van der Waals surface area contributed by atoms with Crippen LogP contribution in [0.4, 0.5) is 0 Å². The highest BCUT2D eigenvalue weighted by atomic mass is 35.5. The fourth-order valence-corrected chi connectivity index (χ4v) is 3.96. The quantitative estimate of drug-likeness (QED) is 0.882. The Morgan fingerprint density at radius 1 is 1.14 bits per heavy atom. The summed E-state index contributed by atoms with van der Waals surface area (Å²) in [5.74, 6) is 0. The minimum Gasteiger partial charge on any atom is -0.307 e. The van der Waals surface area contributed by atoms with Crippen molar-refractivity contribution < 1.29 is 0 Å². The van der Waals surface area contributed by atoms with Crippen molar-refractivity contribution in [2.45, 2.75) is 64.1 Å². The number of halogens is 1. The van der Waals surface area contributed by atoms with E-state index in [9.17, 15) is 0 Å². The van der Waals surface area contributed by atoms with Crippen molar-refractivity contribution in [2.24, 2.45) is 0 Å². The molecule has 1 aromatic rings. The minimum atomic E-state index is 0.307. The highest BCUT2D eigenvalue weighted by Crippen LogP contribution is 2.34. The summed E-state index contributed by atoms with van der Waals surface area (Å²) in [6.07, 6.45) is 4.90. The number of nitrogens with zero attached hydrogens (tertiary/aromatic N) is 1. The average molecular weight is 307 g/mol. The monoisotopic (exact) mass is 306 g/mol. The zero-order valence-corrected chi connectivity index (χ0v) is 14.2. The fraction of sp³-hybridized carbons (Fsp3) is 0.667. The number of aryl methyl sites for hydroxylation is 1. The molecule has 1 saturated heterocycles. The molecule has 0 bridgehead atoms. The molecule has 3 heteroatoms. The molecule has 2 nitrogen and oxygen atoms in total. The van der Waals surface area contributed by atoms with Crippen molar-refractivity contribution in [1.29, 1.82) is 0 Å². The fourth-order valence-electron chi connectivity index (χ4n) is 3.76. The Morgan fingerprint density at radius 3 is 2.52 bits per heavy atom. The molecule has 1 aliphatic heterocycles. The number of hydrogen-bond donors (Lipinski definition) is 1. The molecule has 116 valence electrons. The van der Waals surface area contributed by atoms with E-state index in [0.29, 0.717) is 17.6 Å². The van der Waals surface area contributed by atoms with Gasteiger partial charge in [-0.2, -0.15) is 0 Å². The molecular formula is C18H27ClN2. The summed E-state index contributed by atoms with van der Waals surface area (Å²) in [7, 11) is 0. The molecule has 1 fully saturated rings. The van der Waals surface area contributed by atoms with Crippen LogP contribution in [0.2, 0.25) is 5.02 Å². The van der Waals surface area contributed by atoms with E-state index in [1.165, 1.54) is 43.5 Å². The first-order valence-electron chi connectivity index (χ1n) is 8.23. The van der Waals surface area contributed by atoms with Crippen LogP contribution in [0.15, 0.2) is 18.2 Å². The van der Waals surface area contributed by atoms with Crippen LogP contribution in [-0.2, 0) is 6.42 Å². The number of likely N-dealkylation sites (tertiary alicyclic amines) is 1. The smallest absolute Gasteiger partial charge is 0.0408 e. The van der Waals surface area contributed by atoms with Crippen LogP contribution in [0.3, 0.4) is 0 Å². The Kier molecular flexibility index (Phi) is 4.31. The van der Waals surface area contributed by atoms with Crippen molar-refractivity contribution in [2.75, 3.05) is 13.1 Å². The Hall–Kier alpha value is -0.570. The molecule has 2 aliphatic rings. The minimum absolute atomic E-state index is 0.307. The van der Waals surface area contributed by atoms with Crippen molar-refractivity contribution in [3.8, 4) is 0 Å². The third-order valence-electron chi connectivity index (χ3n) is 5.06. The van der Waals surface area contributed by atoms with E-state index in [0.717, 1.165) is 11.4 Å². The molecular weight excluding hydrogens is 280 g/mol. The molecule has 0 saturated carbocycles. The van der Waals surface area contributed by atoms with Gasteiger partial charge in [-0.1, -0.05) is 17.7 Å². The molecule has 1 atom stereocenters. The second kappa shape index (κ2) is 5.91. The van der Waals surface area contributed by atoms with Gasteiger partial charge in [0.1, 0.15) is 0 Å². The van der Waals surface area contributed by atoms with Gasteiger partial charge in [-0.3, -0.25) is 4.90 Å². The number of hydrogen-bond acceptors (Lipinski definition) is 2. The molecule has 1 N–H and O–H groups in total. The lowest BCUT2D eigenvalue weighted by molar-refractivity contribution is 0.0937. The number of nitrogens with one attached hydrogen (secondary N) is 1. The van der Waals surface area contributed by atoms with Crippen LogP contribution < -0.4 is 5.32 Å². The largest absolute Gasteiger partial charge is 0.307 e. The van der Waals surface area contributed by atoms with E-state index < -0.39 is 0 Å². The number of rotatable bonds is 2. The van der Waals surface area contributed by atoms with Gasteiger partial charge in [-0.15, -0.1) is 0 Å². The first-order chi connectivity index (χ1) is 9.93. The van der Waals surface area contributed by atoms with E-state index in [2.05, 4.69) is 43.1 Å². The number of fused-ring (bicyclic) bond motifs is 1. The molecule has 0 amide bonds. The summed E-state index contributed by atoms with van der Waals surface area (Å²) in [5.41, 5.74) is 3.21. The molecule has 1 aliphatic carbocycles. The van der Waals surface area contributed by atoms with Crippen LogP contribution in [-0.4, -0.2) is 29.6 Å². The molecule has 0 spiro atoms. The van der Waals surface area contributed by atoms with Crippen LogP contribution >= 0.6 is 11.6 Å². The van der Waals surface area contributed by atoms with Gasteiger partial charge in [0.05, 0.1) is 0 Å². The first-order valence-corrected chi connectivity index (χ1v) is 8.61. The third-order valence-corrected chi connectivity index (χ3v) is 5.30. The van der Waals surface area contributed by atoms with Crippen molar-refractivity contribution in [3.05, 3.63) is 34.3 Å². The van der Waals surface area contributed by atoms with Gasteiger partial charge in [-0.25, -0.2) is 0 Å². The Labute approximate surface area is 133 Å². The van der Waals surface area contributed by atoms with Gasteiger partial charge in [0, 0.05) is 35.7 Å². The van der Waals surface area contributed by atoms with Crippen LogP contribution in [0.5, 0.6) is 0 Å². The zero-order chi connectivity index (χ0) is 15.0.